The molecule has 0 saturated carbocycles. The van der Waals surface area contributed by atoms with Crippen LogP contribution in [0.25, 0.3) is 0 Å². The summed E-state index contributed by atoms with van der Waals surface area (Å²) >= 11 is 15.6. The molecule has 0 aromatic carbocycles. The van der Waals surface area contributed by atoms with Crippen LogP contribution in [-0.4, -0.2) is 272 Å². The summed E-state index contributed by atoms with van der Waals surface area (Å²) in [5, 5.41) is 49.1. The third kappa shape index (κ3) is 108. The van der Waals surface area contributed by atoms with Crippen LogP contribution in [0.4, 0.5) is 92.2 Å². The Kier molecular flexibility index (Phi) is 95.6. The van der Waals surface area contributed by atoms with Crippen LogP contribution in [0, 0.1) is 31.8 Å². The number of alkyl halides is 21. The number of Topliss-reactive ketones (excluding diaryl/α,β-unsaturated/α-hetero) is 1. The van der Waals surface area contributed by atoms with Crippen molar-refractivity contribution >= 4 is 245 Å². The Morgan fingerprint density at radius 1 is 0.492 bits per heavy atom. The lowest BCUT2D eigenvalue weighted by Crippen LogP contribution is -2.36. The number of nitrogens with two attached hydrogens (primary N) is 1. The van der Waals surface area contributed by atoms with E-state index in [0.717, 1.165) is 49.9 Å². The normalized spacial score (nSPS) is 13.3. The molecule has 764 valence electrons. The maximum Gasteiger partial charge on any atom is 0.441 e. The number of thioether (sulfide) groups is 11. The number of ether oxygens (including phenoxy) is 2. The molecule has 0 bridgehead atoms. The fraction of sp³-hybridized carbons (Fsp3) is 0.810. The van der Waals surface area contributed by atoms with Crippen LogP contribution >= 0.6 is 189 Å². The fourth-order valence-electron chi connectivity index (χ4n) is 5.61. The van der Waals surface area contributed by atoms with Crippen molar-refractivity contribution in [1.29, 1.82) is 11.1 Å². The van der Waals surface area contributed by atoms with Gasteiger partial charge in [-0.05, 0) is 122 Å². The summed E-state index contributed by atoms with van der Waals surface area (Å²) in [5.74, 6) is 2.56. The minimum absolute atomic E-state index is 0. The maximum atomic E-state index is 11.9. The highest BCUT2D eigenvalue weighted by atomic mass is 32.2. The number of carboxylic acids is 1. The SMILES string of the molecule is CC(=O)NCC(=O)C(C)SCCSC(F)(F)F.CC(S)C(=O)O.CC(SCCSC(F)(F)F)C(=O)NN.CCCSC(F)(F)F.CCO.CCO.CCOC(=O)C(C)S.CCOC(=O)C(C)SCCSC(F)(F)F.Cc1nnc(C(C)S(=O)(=O)CCSC(F)(F)F)s1.Cc1nnc(C(C)S(=O)CCSC(F)(F)F)s1.Cc1nnc(C(C)SCCSC(F)(F)F)s1.N=N.O.[HH]. The number of esters is 2. The number of aliphatic hydroxyl groups is 2. The average Bonchev–Trinajstić information content (AvgIpc) is 1.76. The fourth-order valence-corrected chi connectivity index (χ4v) is 19.6. The maximum absolute atomic E-state index is 11.9. The second-order valence-electron chi connectivity index (χ2n) is 22.0. The number of thiol groups is 2. The first-order valence-electron chi connectivity index (χ1n) is 35.5. The molecule has 0 aliphatic heterocycles. The smallest absolute Gasteiger partial charge is 0.441 e. The van der Waals surface area contributed by atoms with Crippen molar-refractivity contribution in [1.82, 2.24) is 41.3 Å². The van der Waals surface area contributed by atoms with Crippen molar-refractivity contribution in [2.45, 2.75) is 205 Å². The lowest BCUT2D eigenvalue weighted by atomic mass is 10.3. The first kappa shape index (κ1) is 147. The summed E-state index contributed by atoms with van der Waals surface area (Å²) in [6.07, 6.45) is 0.574. The molecule has 0 radical (unpaired) electrons. The van der Waals surface area contributed by atoms with Crippen LogP contribution in [0.5, 0.6) is 0 Å². The highest BCUT2D eigenvalue weighted by Crippen LogP contribution is 2.38. The van der Waals surface area contributed by atoms with Crippen LogP contribution in [0.2, 0.25) is 0 Å². The first-order chi connectivity index (χ1) is 58.0. The number of ketones is 1. The van der Waals surface area contributed by atoms with E-state index in [1.165, 1.54) is 67.0 Å². The number of carboxylic acid groups (broad SMARTS) is 1. The number of nitrogens with one attached hydrogen (secondary N) is 4. The topological polar surface area (TPSA) is 439 Å². The third-order valence-corrected chi connectivity index (χ3v) is 30.4. The second-order valence-corrected chi connectivity index (χ2v) is 45.5. The molecule has 0 aliphatic carbocycles. The summed E-state index contributed by atoms with van der Waals surface area (Å²) < 4.78 is 291. The van der Waals surface area contributed by atoms with Crippen molar-refractivity contribution in [2.75, 3.05) is 108 Å². The third-order valence-electron chi connectivity index (χ3n) is 11.2. The Hall–Kier alpha value is -1.68. The monoisotopic (exact) mass is 2240 g/mol. The van der Waals surface area contributed by atoms with E-state index in [2.05, 4.69) is 65.9 Å². The van der Waals surface area contributed by atoms with Crippen molar-refractivity contribution in [3.63, 3.8) is 0 Å². The van der Waals surface area contributed by atoms with Gasteiger partial charge in [0.15, 0.2) is 15.6 Å². The van der Waals surface area contributed by atoms with Crippen molar-refractivity contribution in [2.24, 2.45) is 5.84 Å². The second kappa shape index (κ2) is 83.5. The van der Waals surface area contributed by atoms with Gasteiger partial charge < -0.3 is 35.6 Å². The summed E-state index contributed by atoms with van der Waals surface area (Å²) in [5.41, 5.74) is -17.5. The van der Waals surface area contributed by atoms with Gasteiger partial charge in [0.2, 0.25) is 11.8 Å². The number of halogens is 21. The van der Waals surface area contributed by atoms with Crippen LogP contribution in [0.3, 0.4) is 0 Å². The molecular weight excluding hydrogens is 2130 g/mol. The Morgan fingerprint density at radius 2 is 0.797 bits per heavy atom. The molecule has 3 aromatic heterocycles. The van der Waals surface area contributed by atoms with Crippen LogP contribution in [0.15, 0.2) is 0 Å². The Balaban J connectivity index is -0.000000135. The lowest BCUT2D eigenvalue weighted by molar-refractivity contribution is -0.142. The van der Waals surface area contributed by atoms with Gasteiger partial charge in [0.05, 0.1) is 62.3 Å². The molecule has 2 amide bonds. The standard InChI is InChI=1S/C9H14F3NO2S2.C8H11F3N2O2S3.C8H11F3N2OS3.C8H11F3N2S3.C8H13F3O2S2.C6H11F3N2OS2.C5H10O2S.C4H7F3S.C3H6O2S.2C2H6O.H2N2.H2O.H2/c1-6(8(15)5-13-7(2)14)16-3-4-17-9(10,11)12;1-5(7-13-12-6(2)17-7)18(14,15)4-3-16-8(9,10)11;1-5(7-13-12-6(2)16-7)17(14)4-3-15-8(9,10)11;1-5(7-13-12-6(2)16-7)14-3-4-15-8(9,10)11;1-3-13-7(12)6(2)14-4-5-15-8(9,10)11;1-4(5(12)11-10)13-2-3-14-6(7,8)9;1-3-7-5(6)4(2)8;1-2-3-8-4(5,6)7;1-2(6)3(4)5;2*1-2-3;1-2;;/h6H,3-5H2,1-2H3,(H,13,14);5H,3-4H2,1-2H3;5H,3-4H2,1-2H3;5H,3-4H2,1-2H3;6H,3-5H2,1-2H3;4H,2-3,10H2,1H3,(H,11,12);4,8H,3H2,1-2H3;2-3H2,1H3;2,6H,1H3,(H,4,5);2*3H,2H2,1H3;1-2H;1H2;1H. The van der Waals surface area contributed by atoms with Gasteiger partial charge >= 0.3 is 56.5 Å². The van der Waals surface area contributed by atoms with E-state index in [4.69, 9.17) is 37.0 Å². The van der Waals surface area contributed by atoms with E-state index in [-0.39, 0.29) is 212 Å². The van der Waals surface area contributed by atoms with Gasteiger partial charge in [-0.2, -0.15) is 141 Å². The van der Waals surface area contributed by atoms with Crippen molar-refractivity contribution in [3.8, 4) is 0 Å². The molecule has 0 aliphatic rings. The molecule has 3 aromatic rings. The Morgan fingerprint density at radius 3 is 1.09 bits per heavy atom. The molecule has 65 heteroatoms. The molecule has 9 unspecified atom stereocenters. The van der Waals surface area contributed by atoms with E-state index in [9.17, 15) is 134 Å². The molecule has 128 heavy (non-hydrogen) atoms. The number of nitrogens with zero attached hydrogens (tertiary/aromatic N) is 6. The Labute approximate surface area is 804 Å². The number of rotatable bonds is 38. The highest BCUT2D eigenvalue weighted by molar-refractivity contribution is 8.05. The molecule has 3 heterocycles. The Bertz CT molecular complexity index is 3430. The number of hydrazine groups is 1. The van der Waals surface area contributed by atoms with E-state index >= 15 is 0 Å². The summed E-state index contributed by atoms with van der Waals surface area (Å²) in [6, 6.07) is 0. The number of hydrogen-bond donors (Lipinski definition) is 10. The first-order valence-corrected chi connectivity index (χ1v) is 53.2. The molecule has 9 atom stereocenters. The number of sulfone groups is 1. The number of aryl methyl sites for hydroxylation is 3. The van der Waals surface area contributed by atoms with Crippen LogP contribution in [0.1, 0.15) is 151 Å². The van der Waals surface area contributed by atoms with E-state index in [0.29, 0.717) is 40.4 Å². The van der Waals surface area contributed by atoms with Gasteiger partial charge in [0, 0.05) is 101 Å². The van der Waals surface area contributed by atoms with Crippen LogP contribution in [-0.2, 0) is 58.9 Å². The van der Waals surface area contributed by atoms with Gasteiger partial charge in [-0.1, -0.05) is 77.5 Å². The molecule has 3 rings (SSSR count). The van der Waals surface area contributed by atoms with Gasteiger partial charge in [0.1, 0.15) is 35.3 Å². The van der Waals surface area contributed by atoms with E-state index < -0.39 is 103 Å². The van der Waals surface area contributed by atoms with Gasteiger partial charge in [-0.3, -0.25) is 38.4 Å². The zero-order chi connectivity index (χ0) is 102. The summed E-state index contributed by atoms with van der Waals surface area (Å²) in [6.45, 7) is 29.4. The predicted molar refractivity (Wildman–Crippen MR) is 495 cm³/mol. The summed E-state index contributed by atoms with van der Waals surface area (Å²) in [7, 11) is -4.99. The zero-order valence-corrected chi connectivity index (χ0v) is 86.4. The molecule has 0 saturated heterocycles. The minimum atomic E-state index is -4.40. The average molecular weight is 2240 g/mol. The number of aromatic nitrogens is 6. The number of carbonyl (C=O) groups is 6. The summed E-state index contributed by atoms with van der Waals surface area (Å²) in [4.78, 5) is 63.9. The van der Waals surface area contributed by atoms with Crippen molar-refractivity contribution in [3.05, 3.63) is 30.0 Å². The van der Waals surface area contributed by atoms with Gasteiger partial charge in [-0.25, -0.2) is 25.3 Å². The number of amides is 2. The molecule has 26 nitrogen and oxygen atoms in total. The number of carbonyl (C=O) groups excluding carboxylic acids is 5. The zero-order valence-electron chi connectivity index (χ0n) is 71.5. The lowest BCUT2D eigenvalue weighted by Gasteiger charge is -2.10. The molecule has 0 fully saturated rings. The molecular formula is C63H112F21N11O15S18. The van der Waals surface area contributed by atoms with Gasteiger partial charge in [0.25, 0.3) is 0 Å². The quantitative estimate of drug-likeness (QED) is 0.00372. The van der Waals surface area contributed by atoms with Crippen molar-refractivity contribution < 1.29 is 165 Å². The minimum Gasteiger partial charge on any atom is -0.480 e. The number of hydrogen-bond acceptors (Lipinski definition) is 38. The van der Waals surface area contributed by atoms with E-state index in [1.54, 1.807) is 83.1 Å². The molecule has 0 spiro atoms. The largest absolute Gasteiger partial charge is 0.480 e. The number of aliphatic hydroxyl groups excluding tert-OH is 2. The molecule has 11 N–H and O–H groups in total. The highest BCUT2D eigenvalue weighted by Gasteiger charge is 2.35. The van der Waals surface area contributed by atoms with Gasteiger partial charge in [-0.15, -0.1) is 88.1 Å². The van der Waals surface area contributed by atoms with E-state index in [1.807, 2.05) is 19.3 Å². The van der Waals surface area contributed by atoms with Crippen LogP contribution < -0.4 is 16.6 Å². The predicted octanol–water partition coefficient (Wildman–Crippen LogP) is 19.6. The number of aliphatic carboxylic acids is 1.